The molecule has 0 spiro atoms. The average Bonchev–Trinajstić information content (AvgIpc) is 2.86. The van der Waals surface area contributed by atoms with E-state index in [2.05, 4.69) is 41.6 Å². The number of thiazole rings is 1. The van der Waals surface area contributed by atoms with Crippen LogP contribution in [0.1, 0.15) is 37.2 Å². The molecule has 17 heavy (non-hydrogen) atoms. The monoisotopic (exact) mass is 251 g/mol. The van der Waals surface area contributed by atoms with Crippen molar-refractivity contribution in [3.63, 3.8) is 0 Å². The molecular weight excluding hydrogens is 234 g/mol. The molecule has 0 aliphatic rings. The highest BCUT2D eigenvalue weighted by atomic mass is 32.1. The fourth-order valence-electron chi connectivity index (χ4n) is 1.36. The summed E-state index contributed by atoms with van der Waals surface area (Å²) in [5.74, 6) is 0.845. The third kappa shape index (κ3) is 3.38. The summed E-state index contributed by atoms with van der Waals surface area (Å²) < 4.78 is 5.00. The van der Waals surface area contributed by atoms with Gasteiger partial charge in [0.15, 0.2) is 0 Å². The van der Waals surface area contributed by atoms with Crippen molar-refractivity contribution in [3.05, 3.63) is 34.1 Å². The van der Waals surface area contributed by atoms with Crippen molar-refractivity contribution >= 4 is 11.3 Å². The minimum Gasteiger partial charge on any atom is -0.360 e. The molecule has 0 aliphatic carbocycles. The second-order valence-electron chi connectivity index (χ2n) is 4.96. The van der Waals surface area contributed by atoms with Crippen LogP contribution in [0.2, 0.25) is 0 Å². The molecular formula is C12H17N3OS. The Balaban J connectivity index is 1.85. The predicted molar refractivity (Wildman–Crippen MR) is 67.9 cm³/mol. The van der Waals surface area contributed by atoms with Gasteiger partial charge in [-0.15, -0.1) is 11.3 Å². The molecule has 2 rings (SSSR count). The highest BCUT2D eigenvalue weighted by Crippen LogP contribution is 2.23. The Labute approximate surface area is 105 Å². The molecule has 1 N–H and O–H groups in total. The molecule has 92 valence electrons. The Morgan fingerprint density at radius 3 is 2.76 bits per heavy atom. The van der Waals surface area contributed by atoms with Crippen molar-refractivity contribution < 1.29 is 4.52 Å². The largest absolute Gasteiger partial charge is 0.360 e. The molecule has 0 unspecified atom stereocenters. The van der Waals surface area contributed by atoms with Crippen LogP contribution in [0.4, 0.5) is 0 Å². The SMILES string of the molecule is CC(C)(C)c1csc(CNCc2ccno2)n1. The van der Waals surface area contributed by atoms with Crippen molar-refractivity contribution in [1.29, 1.82) is 0 Å². The summed E-state index contributed by atoms with van der Waals surface area (Å²) in [5, 5.41) is 10.2. The van der Waals surface area contributed by atoms with Crippen LogP contribution in [0.3, 0.4) is 0 Å². The molecule has 0 amide bonds. The van der Waals surface area contributed by atoms with Crippen LogP contribution < -0.4 is 5.32 Å². The zero-order valence-corrected chi connectivity index (χ0v) is 11.2. The maximum atomic E-state index is 5.00. The summed E-state index contributed by atoms with van der Waals surface area (Å²) in [7, 11) is 0. The lowest BCUT2D eigenvalue weighted by Gasteiger charge is -2.14. The van der Waals surface area contributed by atoms with Gasteiger partial charge in [-0.2, -0.15) is 0 Å². The fraction of sp³-hybridized carbons (Fsp3) is 0.500. The number of nitrogens with zero attached hydrogens (tertiary/aromatic N) is 2. The summed E-state index contributed by atoms with van der Waals surface area (Å²) >= 11 is 1.69. The highest BCUT2D eigenvalue weighted by molar-refractivity contribution is 7.09. The Kier molecular flexibility index (Phi) is 3.59. The molecule has 2 aromatic heterocycles. The highest BCUT2D eigenvalue weighted by Gasteiger charge is 2.17. The zero-order valence-electron chi connectivity index (χ0n) is 10.4. The van der Waals surface area contributed by atoms with Crippen molar-refractivity contribution in [2.75, 3.05) is 0 Å². The molecule has 4 nitrogen and oxygen atoms in total. The quantitative estimate of drug-likeness (QED) is 0.907. The first-order valence-electron chi connectivity index (χ1n) is 5.61. The van der Waals surface area contributed by atoms with Crippen molar-refractivity contribution in [1.82, 2.24) is 15.5 Å². The smallest absolute Gasteiger partial charge is 0.150 e. The molecule has 2 heterocycles. The van der Waals surface area contributed by atoms with E-state index in [0.29, 0.717) is 6.54 Å². The molecule has 0 saturated carbocycles. The van der Waals surface area contributed by atoms with Gasteiger partial charge in [-0.1, -0.05) is 25.9 Å². The topological polar surface area (TPSA) is 51.0 Å². The van der Waals surface area contributed by atoms with E-state index in [1.807, 2.05) is 6.07 Å². The molecule has 2 aromatic rings. The third-order valence-corrected chi connectivity index (χ3v) is 3.24. The van der Waals surface area contributed by atoms with Crippen molar-refractivity contribution in [3.8, 4) is 0 Å². The number of hydrogen-bond acceptors (Lipinski definition) is 5. The molecule has 0 aliphatic heterocycles. The molecule has 0 aromatic carbocycles. The molecule has 0 bridgehead atoms. The lowest BCUT2D eigenvalue weighted by atomic mass is 9.93. The van der Waals surface area contributed by atoms with Crippen LogP contribution in [-0.2, 0) is 18.5 Å². The van der Waals surface area contributed by atoms with Gasteiger partial charge in [-0.3, -0.25) is 0 Å². The van der Waals surface area contributed by atoms with E-state index in [-0.39, 0.29) is 5.41 Å². The molecule has 0 radical (unpaired) electrons. The van der Waals surface area contributed by atoms with Crippen LogP contribution in [0, 0.1) is 0 Å². The minimum atomic E-state index is 0.125. The van der Waals surface area contributed by atoms with E-state index in [9.17, 15) is 0 Å². The van der Waals surface area contributed by atoms with Gasteiger partial charge in [-0.25, -0.2) is 4.98 Å². The molecule has 0 saturated heterocycles. The van der Waals surface area contributed by atoms with Gasteiger partial charge in [0.05, 0.1) is 18.4 Å². The number of rotatable bonds is 4. The normalized spacial score (nSPS) is 11.9. The van der Waals surface area contributed by atoms with E-state index in [1.54, 1.807) is 17.5 Å². The van der Waals surface area contributed by atoms with E-state index in [1.165, 1.54) is 0 Å². The van der Waals surface area contributed by atoms with Crippen molar-refractivity contribution in [2.45, 2.75) is 39.3 Å². The Morgan fingerprint density at radius 1 is 1.35 bits per heavy atom. The zero-order chi connectivity index (χ0) is 12.3. The Hall–Kier alpha value is -1.20. The van der Waals surface area contributed by atoms with Gasteiger partial charge in [0.1, 0.15) is 10.8 Å². The fourth-order valence-corrected chi connectivity index (χ4v) is 2.35. The summed E-state index contributed by atoms with van der Waals surface area (Å²) in [6, 6.07) is 1.86. The minimum absolute atomic E-state index is 0.125. The molecule has 0 fully saturated rings. The molecule has 5 heteroatoms. The van der Waals surface area contributed by atoms with Crippen LogP contribution in [0.25, 0.3) is 0 Å². The summed E-state index contributed by atoms with van der Waals surface area (Å²) in [6.07, 6.45) is 1.65. The number of nitrogens with one attached hydrogen (secondary N) is 1. The van der Waals surface area contributed by atoms with E-state index >= 15 is 0 Å². The average molecular weight is 251 g/mol. The first kappa shape index (κ1) is 12.3. The standard InChI is InChI=1S/C12H17N3OS/c1-12(2,3)10-8-17-11(15-10)7-13-6-9-4-5-14-16-9/h4-5,8,13H,6-7H2,1-3H3. The number of aromatic nitrogens is 2. The first-order valence-corrected chi connectivity index (χ1v) is 6.49. The van der Waals surface area contributed by atoms with E-state index in [0.717, 1.165) is 23.0 Å². The predicted octanol–water partition coefficient (Wildman–Crippen LogP) is 2.72. The Bertz CT molecular complexity index is 456. The summed E-state index contributed by atoms with van der Waals surface area (Å²) in [6.45, 7) is 7.97. The van der Waals surface area contributed by atoms with Crippen LogP contribution in [-0.4, -0.2) is 10.1 Å². The first-order chi connectivity index (χ1) is 8.05. The lowest BCUT2D eigenvalue weighted by Crippen LogP contribution is -2.14. The van der Waals surface area contributed by atoms with Crippen molar-refractivity contribution in [2.24, 2.45) is 0 Å². The summed E-state index contributed by atoms with van der Waals surface area (Å²) in [4.78, 5) is 4.61. The summed E-state index contributed by atoms with van der Waals surface area (Å²) in [5.41, 5.74) is 1.28. The van der Waals surface area contributed by atoms with Gasteiger partial charge in [0.25, 0.3) is 0 Å². The lowest BCUT2D eigenvalue weighted by molar-refractivity contribution is 0.372. The Morgan fingerprint density at radius 2 is 2.18 bits per heavy atom. The van der Waals surface area contributed by atoms with Gasteiger partial charge in [0.2, 0.25) is 0 Å². The third-order valence-electron chi connectivity index (χ3n) is 2.39. The van der Waals surface area contributed by atoms with Crippen LogP contribution >= 0.6 is 11.3 Å². The van der Waals surface area contributed by atoms with E-state index < -0.39 is 0 Å². The molecule has 0 atom stereocenters. The van der Waals surface area contributed by atoms with Crippen LogP contribution in [0.5, 0.6) is 0 Å². The van der Waals surface area contributed by atoms with Gasteiger partial charge >= 0.3 is 0 Å². The maximum absolute atomic E-state index is 5.00. The van der Waals surface area contributed by atoms with E-state index in [4.69, 9.17) is 4.52 Å². The maximum Gasteiger partial charge on any atom is 0.150 e. The van der Waals surface area contributed by atoms with Gasteiger partial charge < -0.3 is 9.84 Å². The second-order valence-corrected chi connectivity index (χ2v) is 5.90. The second kappa shape index (κ2) is 4.98. The van der Waals surface area contributed by atoms with Gasteiger partial charge in [0, 0.05) is 23.4 Å². The van der Waals surface area contributed by atoms with Crippen LogP contribution in [0.15, 0.2) is 22.2 Å². The number of hydrogen-bond donors (Lipinski definition) is 1. The van der Waals surface area contributed by atoms with Gasteiger partial charge in [-0.05, 0) is 0 Å².